The summed E-state index contributed by atoms with van der Waals surface area (Å²) in [7, 11) is -4.05. The van der Waals surface area contributed by atoms with E-state index in [4.69, 9.17) is 0 Å². The zero-order valence-electron chi connectivity index (χ0n) is 17.1. The number of aliphatic hydroxyl groups excluding tert-OH is 1. The van der Waals surface area contributed by atoms with Crippen LogP contribution in [0.15, 0.2) is 41.6 Å². The number of rotatable bonds is 7. The highest BCUT2D eigenvalue weighted by Crippen LogP contribution is 2.29. The summed E-state index contributed by atoms with van der Waals surface area (Å²) in [6.45, 7) is 0.345. The zero-order valence-corrected chi connectivity index (χ0v) is 18.0. The summed E-state index contributed by atoms with van der Waals surface area (Å²) < 4.78 is 54.8. The molecule has 0 fully saturated rings. The second-order valence-corrected chi connectivity index (χ2v) is 9.20. The molecule has 0 radical (unpaired) electrons. The first-order valence-electron chi connectivity index (χ1n) is 9.83. The first-order valence-corrected chi connectivity index (χ1v) is 11.3. The van der Waals surface area contributed by atoms with Crippen LogP contribution >= 0.6 is 0 Å². The average Bonchev–Trinajstić information content (AvgIpc) is 3.44. The molecule has 0 spiro atoms. The molecule has 1 aliphatic heterocycles. The Morgan fingerprint density at radius 2 is 2.03 bits per heavy atom. The molecular formula is C20H21F2N5O4S. The van der Waals surface area contributed by atoms with Gasteiger partial charge in [0, 0.05) is 23.9 Å². The third-order valence-corrected chi connectivity index (χ3v) is 7.15. The third kappa shape index (κ3) is 3.69. The average molecular weight is 465 g/mol. The molecular weight excluding hydrogens is 444 g/mol. The fourth-order valence-corrected chi connectivity index (χ4v) is 5.12. The number of benzene rings is 1. The lowest BCUT2D eigenvalue weighted by Crippen LogP contribution is -2.33. The van der Waals surface area contributed by atoms with Crippen molar-refractivity contribution in [3.63, 3.8) is 0 Å². The molecule has 3 heterocycles. The van der Waals surface area contributed by atoms with Gasteiger partial charge in [0.25, 0.3) is 10.0 Å². The normalized spacial score (nSPS) is 14.6. The minimum absolute atomic E-state index is 0.0295. The van der Waals surface area contributed by atoms with E-state index >= 15 is 0 Å². The first-order chi connectivity index (χ1) is 15.3. The molecule has 0 unspecified atom stereocenters. The molecule has 0 saturated carbocycles. The van der Waals surface area contributed by atoms with Crippen LogP contribution in [0, 0.1) is 12.7 Å². The van der Waals surface area contributed by atoms with Crippen molar-refractivity contribution in [2.75, 3.05) is 13.3 Å². The van der Waals surface area contributed by atoms with Crippen LogP contribution in [0.1, 0.15) is 28.4 Å². The van der Waals surface area contributed by atoms with E-state index in [1.165, 1.54) is 40.9 Å². The van der Waals surface area contributed by atoms with Crippen LogP contribution in [-0.2, 0) is 34.5 Å². The molecule has 1 amide bonds. The van der Waals surface area contributed by atoms with Crippen LogP contribution in [0.4, 0.5) is 8.78 Å². The maximum absolute atomic E-state index is 14.1. The van der Waals surface area contributed by atoms with E-state index in [-0.39, 0.29) is 30.1 Å². The Balaban J connectivity index is 1.55. The number of aliphatic hydroxyl groups is 1. The Hall–Kier alpha value is -3.12. The van der Waals surface area contributed by atoms with Gasteiger partial charge in [-0.1, -0.05) is 18.2 Å². The molecule has 32 heavy (non-hydrogen) atoms. The fourth-order valence-electron chi connectivity index (χ4n) is 3.78. The van der Waals surface area contributed by atoms with Crippen molar-refractivity contribution < 1.29 is 27.1 Å². The summed E-state index contributed by atoms with van der Waals surface area (Å²) in [6, 6.07) is 5.74. The fraction of sp³-hybridized carbons (Fsp3) is 0.350. The van der Waals surface area contributed by atoms with E-state index in [0.717, 1.165) is 10.3 Å². The van der Waals surface area contributed by atoms with Gasteiger partial charge in [-0.05, 0) is 13.0 Å². The first kappa shape index (κ1) is 22.1. The molecule has 1 N–H and O–H groups in total. The van der Waals surface area contributed by atoms with Crippen molar-refractivity contribution in [2.45, 2.75) is 37.4 Å². The number of carbonyl (C=O) groups is 1. The number of alkyl halides is 1. The highest BCUT2D eigenvalue weighted by atomic mass is 32.2. The van der Waals surface area contributed by atoms with E-state index in [0.29, 0.717) is 17.0 Å². The Morgan fingerprint density at radius 1 is 1.28 bits per heavy atom. The van der Waals surface area contributed by atoms with Crippen LogP contribution in [0.2, 0.25) is 0 Å². The van der Waals surface area contributed by atoms with Crippen molar-refractivity contribution >= 4 is 15.9 Å². The van der Waals surface area contributed by atoms with Crippen LogP contribution < -0.4 is 0 Å². The predicted octanol–water partition coefficient (Wildman–Crippen LogP) is 1.35. The number of aromatic nitrogens is 4. The van der Waals surface area contributed by atoms with E-state index in [2.05, 4.69) is 10.2 Å². The molecule has 0 aliphatic carbocycles. The monoisotopic (exact) mass is 465 g/mol. The molecule has 12 heteroatoms. The smallest absolute Gasteiger partial charge is 0.286 e. The topological polar surface area (TPSA) is 110 Å². The predicted molar refractivity (Wildman–Crippen MR) is 108 cm³/mol. The van der Waals surface area contributed by atoms with Gasteiger partial charge in [-0.15, -0.1) is 0 Å². The van der Waals surface area contributed by atoms with Crippen molar-refractivity contribution in [1.82, 2.24) is 23.9 Å². The lowest BCUT2D eigenvalue weighted by atomic mass is 9.98. The van der Waals surface area contributed by atoms with Crippen molar-refractivity contribution in [1.29, 1.82) is 0 Å². The van der Waals surface area contributed by atoms with Gasteiger partial charge < -0.3 is 10.0 Å². The summed E-state index contributed by atoms with van der Waals surface area (Å²) in [6.07, 6.45) is 2.48. The molecule has 170 valence electrons. The standard InChI is InChI=1S/C20H21F2N5O4S/c1-13-19(8-23-26(13)7-6-21)32(30,31)27-10-14-9-25(11-18(14)24-27)20(29)16(12-28)15-4-2-3-5-17(15)22/h2-5,8,10,16,28H,6-7,9,11-12H2,1H3/t16-/m0/s1. The molecule has 4 rings (SSSR count). The summed E-state index contributed by atoms with van der Waals surface area (Å²) in [4.78, 5) is 14.2. The molecule has 2 aromatic heterocycles. The van der Waals surface area contributed by atoms with E-state index < -0.39 is 40.9 Å². The number of carbonyl (C=O) groups excluding carboxylic acids is 1. The van der Waals surface area contributed by atoms with Gasteiger partial charge in [0.1, 0.15) is 17.4 Å². The summed E-state index contributed by atoms with van der Waals surface area (Å²) in [5.41, 5.74) is 1.31. The van der Waals surface area contributed by atoms with Crippen LogP contribution in [-0.4, -0.2) is 56.6 Å². The van der Waals surface area contributed by atoms with Gasteiger partial charge >= 0.3 is 0 Å². The lowest BCUT2D eigenvalue weighted by Gasteiger charge is -2.22. The SMILES string of the molecule is Cc1c(S(=O)(=O)n2cc3c(n2)CN(C(=O)[C@@H](CO)c2ccccc2F)C3)cnn1CCF. The van der Waals surface area contributed by atoms with Crippen molar-refractivity contribution in [3.8, 4) is 0 Å². The van der Waals surface area contributed by atoms with E-state index in [1.54, 1.807) is 6.07 Å². The lowest BCUT2D eigenvalue weighted by molar-refractivity contribution is -0.134. The van der Waals surface area contributed by atoms with Gasteiger partial charge in [-0.2, -0.15) is 22.7 Å². The van der Waals surface area contributed by atoms with Crippen molar-refractivity contribution in [2.24, 2.45) is 0 Å². The van der Waals surface area contributed by atoms with E-state index in [9.17, 15) is 27.1 Å². The van der Waals surface area contributed by atoms with Gasteiger partial charge in [0.05, 0.1) is 43.2 Å². The Labute approximate surface area is 182 Å². The summed E-state index contributed by atoms with van der Waals surface area (Å²) >= 11 is 0. The Bertz CT molecular complexity index is 1250. The summed E-state index contributed by atoms with van der Waals surface area (Å²) in [5, 5.41) is 17.7. The zero-order chi connectivity index (χ0) is 23.0. The largest absolute Gasteiger partial charge is 0.395 e. The molecule has 0 bridgehead atoms. The van der Waals surface area contributed by atoms with Gasteiger partial charge in [0.2, 0.25) is 5.91 Å². The second kappa shape index (κ2) is 8.43. The highest BCUT2D eigenvalue weighted by molar-refractivity contribution is 7.89. The molecule has 1 atom stereocenters. The molecule has 1 aromatic carbocycles. The number of hydrogen-bond acceptors (Lipinski definition) is 6. The molecule has 3 aromatic rings. The highest BCUT2D eigenvalue weighted by Gasteiger charge is 2.34. The van der Waals surface area contributed by atoms with Crippen molar-refractivity contribution in [3.05, 3.63) is 65.0 Å². The minimum atomic E-state index is -4.05. The summed E-state index contributed by atoms with van der Waals surface area (Å²) in [5.74, 6) is -2.13. The number of amides is 1. The maximum Gasteiger partial charge on any atom is 0.286 e. The number of aryl methyl sites for hydroxylation is 1. The minimum Gasteiger partial charge on any atom is -0.395 e. The van der Waals surface area contributed by atoms with Gasteiger partial charge in [0.15, 0.2) is 0 Å². The Morgan fingerprint density at radius 3 is 2.69 bits per heavy atom. The second-order valence-electron chi connectivity index (χ2n) is 7.44. The van der Waals surface area contributed by atoms with Gasteiger partial charge in [-0.3, -0.25) is 9.48 Å². The van der Waals surface area contributed by atoms with Gasteiger partial charge in [-0.25, -0.2) is 8.78 Å². The van der Waals surface area contributed by atoms with Crippen LogP contribution in [0.3, 0.4) is 0 Å². The number of halogens is 2. The quantitative estimate of drug-likeness (QED) is 0.564. The molecule has 1 aliphatic rings. The van der Waals surface area contributed by atoms with Crippen LogP contribution in [0.5, 0.6) is 0 Å². The Kier molecular flexibility index (Phi) is 5.82. The third-order valence-electron chi connectivity index (χ3n) is 5.51. The van der Waals surface area contributed by atoms with Crippen LogP contribution in [0.25, 0.3) is 0 Å². The number of fused-ring (bicyclic) bond motifs is 1. The molecule has 9 nitrogen and oxygen atoms in total. The number of hydrogen-bond donors (Lipinski definition) is 1. The van der Waals surface area contributed by atoms with E-state index in [1.807, 2.05) is 0 Å². The number of nitrogens with zero attached hydrogens (tertiary/aromatic N) is 5. The maximum atomic E-state index is 14.1. The molecule has 0 saturated heterocycles.